The summed E-state index contributed by atoms with van der Waals surface area (Å²) in [6.45, 7) is 5.18. The third-order valence-electron chi connectivity index (χ3n) is 5.57. The van der Waals surface area contributed by atoms with Gasteiger partial charge in [-0.25, -0.2) is 4.98 Å². The van der Waals surface area contributed by atoms with E-state index in [2.05, 4.69) is 20.6 Å². The zero-order valence-corrected chi connectivity index (χ0v) is 18.4. The SMILES string of the molecule is Cc1cccc([C@@H](CO)NC(=O)c2ccn(-c3nc(NC4CCCOC4)ncc3C)c2)c1. The van der Waals surface area contributed by atoms with Gasteiger partial charge in [0.05, 0.1) is 30.9 Å². The first kappa shape index (κ1) is 22.0. The van der Waals surface area contributed by atoms with Crippen molar-refractivity contribution in [2.24, 2.45) is 0 Å². The third kappa shape index (κ3) is 5.15. The average Bonchev–Trinajstić information content (AvgIpc) is 3.29. The first-order valence-corrected chi connectivity index (χ1v) is 10.9. The fourth-order valence-corrected chi connectivity index (χ4v) is 3.83. The van der Waals surface area contributed by atoms with Crippen molar-refractivity contribution in [2.45, 2.75) is 38.8 Å². The van der Waals surface area contributed by atoms with Gasteiger partial charge in [0.15, 0.2) is 0 Å². The van der Waals surface area contributed by atoms with Crippen LogP contribution in [0, 0.1) is 13.8 Å². The number of aryl methyl sites for hydroxylation is 2. The second-order valence-electron chi connectivity index (χ2n) is 8.19. The molecule has 32 heavy (non-hydrogen) atoms. The lowest BCUT2D eigenvalue weighted by atomic mass is 10.0. The molecule has 1 unspecified atom stereocenters. The Morgan fingerprint density at radius 1 is 1.34 bits per heavy atom. The summed E-state index contributed by atoms with van der Waals surface area (Å²) in [5.41, 5.74) is 3.33. The van der Waals surface area contributed by atoms with Crippen molar-refractivity contribution >= 4 is 11.9 Å². The number of hydrogen-bond donors (Lipinski definition) is 3. The van der Waals surface area contributed by atoms with E-state index in [4.69, 9.17) is 4.74 Å². The molecule has 3 aromatic rings. The number of amides is 1. The van der Waals surface area contributed by atoms with Crippen LogP contribution in [0.15, 0.2) is 48.9 Å². The summed E-state index contributed by atoms with van der Waals surface area (Å²) in [6, 6.07) is 9.22. The van der Waals surface area contributed by atoms with E-state index in [0.29, 0.717) is 23.9 Å². The Balaban J connectivity index is 1.49. The molecule has 4 rings (SSSR count). The lowest BCUT2D eigenvalue weighted by Gasteiger charge is -2.23. The lowest BCUT2D eigenvalue weighted by molar-refractivity contribution is 0.0874. The van der Waals surface area contributed by atoms with Crippen molar-refractivity contribution in [3.8, 4) is 5.82 Å². The molecule has 0 saturated carbocycles. The molecule has 1 saturated heterocycles. The molecule has 168 valence electrons. The second-order valence-corrected chi connectivity index (χ2v) is 8.19. The van der Waals surface area contributed by atoms with Gasteiger partial charge in [-0.15, -0.1) is 0 Å². The Morgan fingerprint density at radius 3 is 2.97 bits per heavy atom. The minimum Gasteiger partial charge on any atom is -0.394 e. The maximum absolute atomic E-state index is 12.8. The maximum atomic E-state index is 12.8. The average molecular weight is 436 g/mol. The van der Waals surface area contributed by atoms with Gasteiger partial charge in [0.2, 0.25) is 5.95 Å². The predicted molar refractivity (Wildman–Crippen MR) is 122 cm³/mol. The molecule has 0 spiro atoms. The highest BCUT2D eigenvalue weighted by atomic mass is 16.5. The molecule has 2 aromatic heterocycles. The van der Waals surface area contributed by atoms with Crippen molar-refractivity contribution < 1.29 is 14.6 Å². The maximum Gasteiger partial charge on any atom is 0.253 e. The zero-order valence-electron chi connectivity index (χ0n) is 18.4. The van der Waals surface area contributed by atoms with Gasteiger partial charge in [-0.3, -0.25) is 4.79 Å². The number of aliphatic hydroxyl groups excluding tert-OH is 1. The lowest BCUT2D eigenvalue weighted by Crippen LogP contribution is -2.31. The Hall–Kier alpha value is -3.23. The number of aromatic nitrogens is 3. The summed E-state index contributed by atoms with van der Waals surface area (Å²) in [5.74, 6) is 0.991. The van der Waals surface area contributed by atoms with Gasteiger partial charge in [0.1, 0.15) is 5.82 Å². The third-order valence-corrected chi connectivity index (χ3v) is 5.57. The first-order valence-electron chi connectivity index (χ1n) is 10.9. The molecule has 0 bridgehead atoms. The molecular weight excluding hydrogens is 406 g/mol. The summed E-state index contributed by atoms with van der Waals surface area (Å²) < 4.78 is 7.33. The van der Waals surface area contributed by atoms with E-state index in [1.54, 1.807) is 24.7 Å². The molecule has 1 aliphatic heterocycles. The second kappa shape index (κ2) is 9.93. The van der Waals surface area contributed by atoms with Crippen LogP contribution in [0.3, 0.4) is 0 Å². The molecule has 8 nitrogen and oxygen atoms in total. The van der Waals surface area contributed by atoms with Crippen LogP contribution < -0.4 is 10.6 Å². The smallest absolute Gasteiger partial charge is 0.253 e. The van der Waals surface area contributed by atoms with E-state index in [-0.39, 0.29) is 18.6 Å². The zero-order chi connectivity index (χ0) is 22.5. The number of aliphatic hydroxyl groups is 1. The monoisotopic (exact) mass is 435 g/mol. The minimum absolute atomic E-state index is 0.180. The van der Waals surface area contributed by atoms with E-state index in [9.17, 15) is 9.90 Å². The van der Waals surface area contributed by atoms with E-state index < -0.39 is 6.04 Å². The van der Waals surface area contributed by atoms with Crippen LogP contribution >= 0.6 is 0 Å². The largest absolute Gasteiger partial charge is 0.394 e. The van der Waals surface area contributed by atoms with Crippen LogP contribution in [0.1, 0.15) is 45.9 Å². The number of benzene rings is 1. The van der Waals surface area contributed by atoms with Crippen LogP contribution in [0.25, 0.3) is 5.82 Å². The predicted octanol–water partition coefficient (Wildman–Crippen LogP) is 2.94. The van der Waals surface area contributed by atoms with Crippen LogP contribution in [0.4, 0.5) is 5.95 Å². The first-order chi connectivity index (χ1) is 15.5. The van der Waals surface area contributed by atoms with Crippen LogP contribution in [-0.2, 0) is 4.74 Å². The Bertz CT molecular complexity index is 1080. The topological polar surface area (TPSA) is 101 Å². The molecule has 0 radical (unpaired) electrons. The molecular formula is C24H29N5O3. The fraction of sp³-hybridized carbons (Fsp3) is 0.375. The summed E-state index contributed by atoms with van der Waals surface area (Å²) in [6.07, 6.45) is 7.35. The normalized spacial score (nSPS) is 17.0. The number of nitrogens with one attached hydrogen (secondary N) is 2. The van der Waals surface area contributed by atoms with E-state index in [1.165, 1.54) is 0 Å². The summed E-state index contributed by atoms with van der Waals surface area (Å²) in [7, 11) is 0. The van der Waals surface area contributed by atoms with Gasteiger partial charge < -0.3 is 25.0 Å². The molecule has 1 aromatic carbocycles. The molecule has 0 aliphatic carbocycles. The quantitative estimate of drug-likeness (QED) is 0.528. The molecule has 2 atom stereocenters. The van der Waals surface area contributed by atoms with Gasteiger partial charge in [-0.1, -0.05) is 29.8 Å². The van der Waals surface area contributed by atoms with Crippen molar-refractivity contribution in [3.05, 3.63) is 71.2 Å². The minimum atomic E-state index is -0.472. The highest BCUT2D eigenvalue weighted by molar-refractivity contribution is 5.94. The van der Waals surface area contributed by atoms with Crippen molar-refractivity contribution in [1.29, 1.82) is 0 Å². The van der Waals surface area contributed by atoms with Gasteiger partial charge in [0, 0.05) is 30.8 Å². The molecule has 1 amide bonds. The summed E-state index contributed by atoms with van der Waals surface area (Å²) in [5, 5.41) is 16.0. The number of anilines is 1. The van der Waals surface area contributed by atoms with Crippen LogP contribution in [-0.4, -0.2) is 51.4 Å². The number of ether oxygens (including phenoxy) is 1. The number of rotatable bonds is 7. The number of hydrogen-bond acceptors (Lipinski definition) is 6. The number of nitrogens with zero attached hydrogens (tertiary/aromatic N) is 3. The summed E-state index contributed by atoms with van der Waals surface area (Å²) >= 11 is 0. The molecule has 1 aliphatic rings. The van der Waals surface area contributed by atoms with Gasteiger partial charge in [-0.05, 0) is 38.3 Å². The Labute approximate surface area is 187 Å². The molecule has 3 heterocycles. The molecule has 1 fully saturated rings. The van der Waals surface area contributed by atoms with Crippen LogP contribution in [0.5, 0.6) is 0 Å². The van der Waals surface area contributed by atoms with Crippen molar-refractivity contribution in [3.63, 3.8) is 0 Å². The molecule has 8 heteroatoms. The Morgan fingerprint density at radius 2 is 2.22 bits per heavy atom. The van der Waals surface area contributed by atoms with E-state index in [1.807, 2.05) is 42.7 Å². The number of carbonyl (C=O) groups excluding carboxylic acids is 1. The summed E-state index contributed by atoms with van der Waals surface area (Å²) in [4.78, 5) is 21.9. The standard InChI is InChI=1S/C24H29N5O3/c1-16-5-3-6-18(11-16)21(14-30)27-23(31)19-8-9-29(13-19)22-17(2)12-25-24(28-22)26-20-7-4-10-32-15-20/h3,5-6,8-9,11-13,20-21,30H,4,7,10,14-15H2,1-2H3,(H,27,31)(H,25,26,28)/t20?,21-/m1/s1. The highest BCUT2D eigenvalue weighted by Gasteiger charge is 2.18. The van der Waals surface area contributed by atoms with Crippen molar-refractivity contribution in [2.75, 3.05) is 25.1 Å². The van der Waals surface area contributed by atoms with Gasteiger partial charge >= 0.3 is 0 Å². The van der Waals surface area contributed by atoms with E-state index >= 15 is 0 Å². The van der Waals surface area contributed by atoms with Gasteiger partial charge in [0.25, 0.3) is 5.91 Å². The Kier molecular flexibility index (Phi) is 6.82. The van der Waals surface area contributed by atoms with E-state index in [0.717, 1.165) is 36.1 Å². The number of carbonyl (C=O) groups is 1. The van der Waals surface area contributed by atoms with Gasteiger partial charge in [-0.2, -0.15) is 4.98 Å². The molecule has 3 N–H and O–H groups in total. The fourth-order valence-electron chi connectivity index (χ4n) is 3.83. The highest BCUT2D eigenvalue weighted by Crippen LogP contribution is 2.18. The van der Waals surface area contributed by atoms with Crippen LogP contribution in [0.2, 0.25) is 0 Å². The van der Waals surface area contributed by atoms with Crippen molar-refractivity contribution in [1.82, 2.24) is 19.9 Å².